The Balaban J connectivity index is 2.35. The predicted octanol–water partition coefficient (Wildman–Crippen LogP) is 4.26. The van der Waals surface area contributed by atoms with Gasteiger partial charge in [-0.15, -0.1) is 0 Å². The second-order valence-corrected chi connectivity index (χ2v) is 5.53. The van der Waals surface area contributed by atoms with Gasteiger partial charge in [-0.05, 0) is 44.1 Å². The molecule has 0 heterocycles. The van der Waals surface area contributed by atoms with E-state index in [1.165, 1.54) is 22.3 Å². The molecule has 0 N–H and O–H groups in total. The molecule has 0 fully saturated rings. The van der Waals surface area contributed by atoms with Crippen molar-refractivity contribution in [3.05, 3.63) is 77.4 Å². The Morgan fingerprint density at radius 2 is 1.40 bits per heavy atom. The lowest BCUT2D eigenvalue weighted by Gasteiger charge is -2.17. The van der Waals surface area contributed by atoms with Crippen molar-refractivity contribution < 1.29 is 0 Å². The van der Waals surface area contributed by atoms with Gasteiger partial charge in [0.25, 0.3) is 0 Å². The van der Waals surface area contributed by atoms with Crippen LogP contribution in [0.5, 0.6) is 0 Å². The maximum absolute atomic E-state index is 2.24. The lowest BCUT2D eigenvalue weighted by molar-refractivity contribution is 0.445. The Bertz CT molecular complexity index is 553. The summed E-state index contributed by atoms with van der Waals surface area (Å²) < 4.78 is 0. The number of benzene rings is 2. The highest BCUT2D eigenvalue weighted by atomic mass is 15.0. The topological polar surface area (TPSA) is 3.24 Å². The Hall–Kier alpha value is -1.86. The van der Waals surface area contributed by atoms with Gasteiger partial charge in [0, 0.05) is 6.54 Å². The average molecular weight is 265 g/mol. The molecule has 0 aromatic heterocycles. The molecule has 2 aromatic rings. The van der Waals surface area contributed by atoms with E-state index in [2.05, 4.69) is 86.6 Å². The summed E-state index contributed by atoms with van der Waals surface area (Å²) in [6.45, 7) is 3.24. The third kappa shape index (κ3) is 4.07. The van der Waals surface area contributed by atoms with Crippen LogP contribution < -0.4 is 0 Å². The second kappa shape index (κ2) is 7.06. The molecule has 104 valence electrons. The van der Waals surface area contributed by atoms with Gasteiger partial charge in [-0.1, -0.05) is 66.2 Å². The van der Waals surface area contributed by atoms with Crippen LogP contribution in [0.2, 0.25) is 0 Å². The van der Waals surface area contributed by atoms with E-state index in [1.807, 2.05) is 0 Å². The predicted molar refractivity (Wildman–Crippen MR) is 87.7 cm³/mol. The quantitative estimate of drug-likeness (QED) is 0.780. The highest BCUT2D eigenvalue weighted by molar-refractivity contribution is 5.70. The molecule has 0 atom stereocenters. The van der Waals surface area contributed by atoms with Gasteiger partial charge in [0.15, 0.2) is 0 Å². The summed E-state index contributed by atoms with van der Waals surface area (Å²) in [5.41, 5.74) is 5.57. The molecule has 20 heavy (non-hydrogen) atoms. The van der Waals surface area contributed by atoms with Gasteiger partial charge in [0.05, 0.1) is 0 Å². The molecule has 1 nitrogen and oxygen atoms in total. The van der Waals surface area contributed by atoms with Gasteiger partial charge in [-0.3, -0.25) is 0 Å². The Morgan fingerprint density at radius 1 is 0.850 bits per heavy atom. The van der Waals surface area contributed by atoms with Crippen molar-refractivity contribution in [2.75, 3.05) is 20.6 Å². The molecule has 0 unspecified atom stereocenters. The van der Waals surface area contributed by atoms with Crippen LogP contribution in [-0.4, -0.2) is 25.5 Å². The summed E-state index contributed by atoms with van der Waals surface area (Å²) >= 11 is 0. The zero-order chi connectivity index (χ0) is 14.4. The minimum Gasteiger partial charge on any atom is -0.305 e. The van der Waals surface area contributed by atoms with Crippen LogP contribution in [0.15, 0.2) is 66.2 Å². The third-order valence-corrected chi connectivity index (χ3v) is 3.41. The van der Waals surface area contributed by atoms with Crippen molar-refractivity contribution in [2.24, 2.45) is 0 Å². The molecule has 2 aromatic carbocycles. The summed E-state index contributed by atoms with van der Waals surface area (Å²) in [4.78, 5) is 2.23. The normalized spacial score (nSPS) is 12.4. The van der Waals surface area contributed by atoms with Crippen molar-refractivity contribution in [2.45, 2.75) is 13.3 Å². The first-order chi connectivity index (χ1) is 9.66. The summed E-state index contributed by atoms with van der Waals surface area (Å²) in [6.07, 6.45) is 0.991. The molecule has 0 aliphatic heterocycles. The van der Waals surface area contributed by atoms with Crippen molar-refractivity contribution >= 4 is 5.57 Å². The van der Waals surface area contributed by atoms with Crippen LogP contribution in [0.1, 0.15) is 18.1 Å². The molecule has 0 spiro atoms. The number of hydrogen-bond acceptors (Lipinski definition) is 1. The molecular weight excluding hydrogens is 242 g/mol. The van der Waals surface area contributed by atoms with Crippen LogP contribution in [-0.2, 0) is 6.42 Å². The van der Waals surface area contributed by atoms with Gasteiger partial charge in [0.2, 0.25) is 0 Å². The largest absolute Gasteiger partial charge is 0.305 e. The Morgan fingerprint density at radius 3 is 1.95 bits per heavy atom. The van der Waals surface area contributed by atoms with E-state index in [1.54, 1.807) is 0 Å². The Labute approximate surface area is 122 Å². The highest BCUT2D eigenvalue weighted by Gasteiger charge is 2.08. The van der Waals surface area contributed by atoms with Crippen LogP contribution in [0, 0.1) is 0 Å². The summed E-state index contributed by atoms with van der Waals surface area (Å²) in [7, 11) is 4.24. The number of rotatable bonds is 5. The van der Waals surface area contributed by atoms with Crippen LogP contribution in [0.3, 0.4) is 0 Å². The molecular formula is C19H23N. The molecule has 2 rings (SSSR count). The van der Waals surface area contributed by atoms with E-state index >= 15 is 0 Å². The zero-order valence-electron chi connectivity index (χ0n) is 12.6. The average Bonchev–Trinajstić information content (AvgIpc) is 2.46. The van der Waals surface area contributed by atoms with Crippen LogP contribution in [0.25, 0.3) is 5.57 Å². The fourth-order valence-corrected chi connectivity index (χ4v) is 2.51. The smallest absolute Gasteiger partial charge is 0.0190 e. The van der Waals surface area contributed by atoms with E-state index in [0.717, 1.165) is 13.0 Å². The lowest BCUT2D eigenvalue weighted by atomic mass is 9.94. The van der Waals surface area contributed by atoms with Gasteiger partial charge >= 0.3 is 0 Å². The fourth-order valence-electron chi connectivity index (χ4n) is 2.51. The maximum Gasteiger partial charge on any atom is 0.0190 e. The van der Waals surface area contributed by atoms with Crippen LogP contribution >= 0.6 is 0 Å². The van der Waals surface area contributed by atoms with Crippen molar-refractivity contribution in [3.8, 4) is 0 Å². The van der Waals surface area contributed by atoms with Gasteiger partial charge in [-0.2, -0.15) is 0 Å². The lowest BCUT2D eigenvalue weighted by Crippen LogP contribution is -2.15. The summed E-state index contributed by atoms with van der Waals surface area (Å²) in [6, 6.07) is 21.4. The van der Waals surface area contributed by atoms with E-state index in [4.69, 9.17) is 0 Å². The molecule has 0 saturated heterocycles. The number of hydrogen-bond donors (Lipinski definition) is 0. The van der Waals surface area contributed by atoms with Crippen molar-refractivity contribution in [1.29, 1.82) is 0 Å². The number of nitrogens with zero attached hydrogens (tertiary/aromatic N) is 1. The summed E-state index contributed by atoms with van der Waals surface area (Å²) in [5, 5.41) is 0. The monoisotopic (exact) mass is 265 g/mol. The molecule has 0 aliphatic rings. The third-order valence-electron chi connectivity index (χ3n) is 3.41. The first kappa shape index (κ1) is 14.5. The molecule has 1 heteroatoms. The van der Waals surface area contributed by atoms with Crippen molar-refractivity contribution in [3.63, 3.8) is 0 Å². The second-order valence-electron chi connectivity index (χ2n) is 5.53. The first-order valence-corrected chi connectivity index (χ1v) is 7.09. The maximum atomic E-state index is 2.24. The first-order valence-electron chi connectivity index (χ1n) is 7.09. The standard InChI is InChI=1S/C19H23N/c1-16(15-20(2)3)19(18-12-8-5-9-13-18)14-17-10-6-4-7-11-17/h4-13H,14-15H2,1-3H3/b19-16+. The molecule has 0 saturated carbocycles. The Kier molecular flexibility index (Phi) is 5.14. The van der Waals surface area contributed by atoms with E-state index in [0.29, 0.717) is 0 Å². The molecule has 0 aliphatic carbocycles. The van der Waals surface area contributed by atoms with Crippen molar-refractivity contribution in [1.82, 2.24) is 4.90 Å². The van der Waals surface area contributed by atoms with Crippen LogP contribution in [0.4, 0.5) is 0 Å². The molecule has 0 bridgehead atoms. The minimum atomic E-state index is 0.991. The van der Waals surface area contributed by atoms with E-state index < -0.39 is 0 Å². The fraction of sp³-hybridized carbons (Fsp3) is 0.263. The highest BCUT2D eigenvalue weighted by Crippen LogP contribution is 2.23. The minimum absolute atomic E-state index is 0.991. The molecule has 0 amide bonds. The number of allylic oxidation sites excluding steroid dienone is 1. The van der Waals surface area contributed by atoms with Gasteiger partial charge < -0.3 is 4.90 Å². The van der Waals surface area contributed by atoms with Gasteiger partial charge in [0.1, 0.15) is 0 Å². The molecule has 0 radical (unpaired) electrons. The zero-order valence-corrected chi connectivity index (χ0v) is 12.6. The van der Waals surface area contributed by atoms with E-state index in [-0.39, 0.29) is 0 Å². The number of likely N-dealkylation sites (N-methyl/N-ethyl adjacent to an activating group) is 1. The SMILES string of the molecule is C/C(CN(C)C)=C(/Cc1ccccc1)c1ccccc1. The van der Waals surface area contributed by atoms with E-state index in [9.17, 15) is 0 Å². The van der Waals surface area contributed by atoms with Gasteiger partial charge in [-0.25, -0.2) is 0 Å². The summed E-state index contributed by atoms with van der Waals surface area (Å²) in [5.74, 6) is 0.